The van der Waals surface area contributed by atoms with E-state index in [0.717, 1.165) is 16.7 Å². The lowest BCUT2D eigenvalue weighted by atomic mass is 10.1. The molecule has 1 atom stereocenters. The van der Waals surface area contributed by atoms with Gasteiger partial charge in [0.25, 0.3) is 5.91 Å². The van der Waals surface area contributed by atoms with Gasteiger partial charge in [0.15, 0.2) is 0 Å². The summed E-state index contributed by atoms with van der Waals surface area (Å²) < 4.78 is 0. The number of nitrogens with one attached hydrogen (secondary N) is 2. The molecule has 1 aromatic heterocycles. The second-order valence-corrected chi connectivity index (χ2v) is 5.46. The van der Waals surface area contributed by atoms with E-state index in [2.05, 4.69) is 15.7 Å². The van der Waals surface area contributed by atoms with Gasteiger partial charge in [0.05, 0.1) is 11.2 Å². The third kappa shape index (κ3) is 3.20. The van der Waals surface area contributed by atoms with Gasteiger partial charge in [0, 0.05) is 17.2 Å². The Morgan fingerprint density at radius 3 is 2.90 bits per heavy atom. The molecule has 20 heavy (non-hydrogen) atoms. The minimum atomic E-state index is -0.186. The highest BCUT2D eigenvalue weighted by Gasteiger charge is 2.13. The van der Waals surface area contributed by atoms with E-state index in [0.29, 0.717) is 11.4 Å². The Morgan fingerprint density at radius 2 is 2.20 bits per heavy atom. The smallest absolute Gasteiger partial charge is 0.270 e. The maximum absolute atomic E-state index is 12.2. The zero-order valence-corrected chi connectivity index (χ0v) is 12.3. The van der Waals surface area contributed by atoms with E-state index in [1.165, 1.54) is 0 Å². The van der Waals surface area contributed by atoms with Gasteiger partial charge in [-0.3, -0.25) is 10.6 Å². The number of rotatable bonds is 5. The molecule has 0 bridgehead atoms. The largest absolute Gasteiger partial charge is 0.347 e. The van der Waals surface area contributed by atoms with Crippen LogP contribution in [0, 0.1) is 0 Å². The van der Waals surface area contributed by atoms with Crippen molar-refractivity contribution < 1.29 is 4.79 Å². The van der Waals surface area contributed by atoms with Gasteiger partial charge in [-0.1, -0.05) is 18.2 Å². The Labute approximate surface area is 122 Å². The molecule has 0 radical (unpaired) electrons. The summed E-state index contributed by atoms with van der Waals surface area (Å²) in [5.74, 6) is 6.20. The number of aromatic nitrogens is 1. The first kappa shape index (κ1) is 14.6. The van der Waals surface area contributed by atoms with Crippen LogP contribution in [0.4, 0.5) is 5.69 Å². The average Bonchev–Trinajstić information content (AvgIpc) is 2.46. The molecule has 0 aliphatic carbocycles. The van der Waals surface area contributed by atoms with E-state index in [-0.39, 0.29) is 11.9 Å². The van der Waals surface area contributed by atoms with Crippen LogP contribution in [0.15, 0.2) is 30.3 Å². The number of benzene rings is 1. The minimum absolute atomic E-state index is 0.0973. The number of amides is 1. The number of nitrogens with zero attached hydrogens (tertiary/aromatic N) is 1. The van der Waals surface area contributed by atoms with E-state index >= 15 is 0 Å². The Bertz CT molecular complexity index is 617. The number of anilines is 1. The quantitative estimate of drug-likeness (QED) is 0.580. The number of hydrogen-bond donors (Lipinski definition) is 3. The molecule has 0 spiro atoms. The highest BCUT2D eigenvalue weighted by atomic mass is 32.2. The predicted molar refractivity (Wildman–Crippen MR) is 84.9 cm³/mol. The van der Waals surface area contributed by atoms with Gasteiger partial charge in [-0.05, 0) is 25.3 Å². The van der Waals surface area contributed by atoms with Crippen molar-refractivity contribution in [3.63, 3.8) is 0 Å². The number of carbonyl (C=O) groups excluding carboxylic acids is 1. The van der Waals surface area contributed by atoms with Crippen LogP contribution in [-0.4, -0.2) is 28.9 Å². The first-order chi connectivity index (χ1) is 9.65. The van der Waals surface area contributed by atoms with Gasteiger partial charge < -0.3 is 10.7 Å². The molecule has 0 saturated heterocycles. The lowest BCUT2D eigenvalue weighted by molar-refractivity contribution is 0.0939. The lowest BCUT2D eigenvalue weighted by Gasteiger charge is -2.13. The van der Waals surface area contributed by atoms with E-state index in [4.69, 9.17) is 5.84 Å². The first-order valence-corrected chi connectivity index (χ1v) is 7.71. The number of thioether (sulfide) groups is 1. The van der Waals surface area contributed by atoms with Crippen LogP contribution in [0.2, 0.25) is 0 Å². The molecule has 2 rings (SSSR count). The van der Waals surface area contributed by atoms with Crippen LogP contribution in [0.3, 0.4) is 0 Å². The number of para-hydroxylation sites is 1. The van der Waals surface area contributed by atoms with E-state index < -0.39 is 0 Å². The van der Waals surface area contributed by atoms with Crippen molar-refractivity contribution in [3.05, 3.63) is 36.0 Å². The van der Waals surface area contributed by atoms with Gasteiger partial charge in [0.2, 0.25) is 0 Å². The molecule has 1 unspecified atom stereocenters. The minimum Gasteiger partial charge on any atom is -0.347 e. The summed E-state index contributed by atoms with van der Waals surface area (Å²) in [5.41, 5.74) is 4.42. The summed E-state index contributed by atoms with van der Waals surface area (Å²) in [7, 11) is 0. The standard InChI is InChI=1S/C14H18N4OS/c1-9(8-20-2)16-14(19)13-7-12(18-15)10-5-3-4-6-11(10)17-13/h3-7,9H,8,15H2,1-2H3,(H,16,19)(H,17,18). The summed E-state index contributed by atoms with van der Waals surface area (Å²) in [4.78, 5) is 16.6. The molecule has 106 valence electrons. The third-order valence-corrected chi connectivity index (χ3v) is 3.73. The van der Waals surface area contributed by atoms with Crippen molar-refractivity contribution in [3.8, 4) is 0 Å². The number of pyridine rings is 1. The average molecular weight is 290 g/mol. The highest BCUT2D eigenvalue weighted by molar-refractivity contribution is 7.98. The molecule has 1 aromatic carbocycles. The fraction of sp³-hybridized carbons (Fsp3) is 0.286. The molecule has 5 nitrogen and oxygen atoms in total. The van der Waals surface area contributed by atoms with Gasteiger partial charge in [-0.25, -0.2) is 4.98 Å². The maximum atomic E-state index is 12.2. The Hall–Kier alpha value is -1.79. The van der Waals surface area contributed by atoms with Crippen LogP contribution >= 0.6 is 11.8 Å². The van der Waals surface area contributed by atoms with Crippen LogP contribution in [0.5, 0.6) is 0 Å². The molecule has 1 heterocycles. The van der Waals surface area contributed by atoms with Crippen molar-refractivity contribution in [1.82, 2.24) is 10.3 Å². The third-order valence-electron chi connectivity index (χ3n) is 2.90. The molecular formula is C14H18N4OS. The molecule has 1 amide bonds. The van der Waals surface area contributed by atoms with Crippen LogP contribution in [0.25, 0.3) is 10.9 Å². The summed E-state index contributed by atoms with van der Waals surface area (Å²) in [5, 5.41) is 3.81. The van der Waals surface area contributed by atoms with Gasteiger partial charge >= 0.3 is 0 Å². The molecule has 2 aromatic rings. The molecule has 4 N–H and O–H groups in total. The van der Waals surface area contributed by atoms with E-state index in [9.17, 15) is 4.79 Å². The van der Waals surface area contributed by atoms with Crippen LogP contribution in [-0.2, 0) is 0 Å². The van der Waals surface area contributed by atoms with E-state index in [1.807, 2.05) is 37.4 Å². The molecule has 6 heteroatoms. The Balaban J connectivity index is 2.32. The summed E-state index contributed by atoms with van der Waals surface area (Å²) in [6, 6.07) is 9.33. The number of fused-ring (bicyclic) bond motifs is 1. The fourth-order valence-electron chi connectivity index (χ4n) is 2.00. The van der Waals surface area contributed by atoms with Crippen molar-refractivity contribution in [1.29, 1.82) is 0 Å². The monoisotopic (exact) mass is 290 g/mol. The zero-order chi connectivity index (χ0) is 14.5. The topological polar surface area (TPSA) is 80.0 Å². The highest BCUT2D eigenvalue weighted by Crippen LogP contribution is 2.22. The van der Waals surface area contributed by atoms with Gasteiger partial charge in [0.1, 0.15) is 5.69 Å². The SMILES string of the molecule is CSCC(C)NC(=O)c1cc(NN)c2ccccc2n1. The maximum Gasteiger partial charge on any atom is 0.270 e. The van der Waals surface area contributed by atoms with Crippen molar-refractivity contribution >= 4 is 34.3 Å². The van der Waals surface area contributed by atoms with Gasteiger partial charge in [-0.2, -0.15) is 11.8 Å². The van der Waals surface area contributed by atoms with Gasteiger partial charge in [-0.15, -0.1) is 0 Å². The zero-order valence-electron chi connectivity index (χ0n) is 11.5. The lowest BCUT2D eigenvalue weighted by Crippen LogP contribution is -2.34. The number of carbonyl (C=O) groups is 1. The Morgan fingerprint density at radius 1 is 1.45 bits per heavy atom. The summed E-state index contributed by atoms with van der Waals surface area (Å²) >= 11 is 1.69. The summed E-state index contributed by atoms with van der Waals surface area (Å²) in [6.45, 7) is 1.97. The molecular weight excluding hydrogens is 272 g/mol. The number of hydrogen-bond acceptors (Lipinski definition) is 5. The number of hydrazine groups is 1. The predicted octanol–water partition coefficient (Wildman–Crippen LogP) is 2.00. The van der Waals surface area contributed by atoms with Crippen LogP contribution in [0.1, 0.15) is 17.4 Å². The fourth-order valence-corrected chi connectivity index (χ4v) is 2.58. The van der Waals surface area contributed by atoms with Crippen molar-refractivity contribution in [2.45, 2.75) is 13.0 Å². The first-order valence-electron chi connectivity index (χ1n) is 6.32. The van der Waals surface area contributed by atoms with Crippen molar-refractivity contribution in [2.24, 2.45) is 5.84 Å². The van der Waals surface area contributed by atoms with Crippen molar-refractivity contribution in [2.75, 3.05) is 17.4 Å². The summed E-state index contributed by atoms with van der Waals surface area (Å²) in [6.07, 6.45) is 2.01. The molecule has 0 aliphatic rings. The van der Waals surface area contributed by atoms with Crippen LogP contribution < -0.4 is 16.6 Å². The molecule has 0 fully saturated rings. The Kier molecular flexibility index (Phi) is 4.81. The normalized spacial score (nSPS) is 12.2. The second-order valence-electron chi connectivity index (χ2n) is 4.55. The number of nitrogen functional groups attached to an aromatic ring is 1. The molecule has 0 aliphatic heterocycles. The van der Waals surface area contributed by atoms with E-state index in [1.54, 1.807) is 17.8 Å². The second kappa shape index (κ2) is 6.58. The number of nitrogens with two attached hydrogens (primary N) is 1. The molecule has 0 saturated carbocycles.